The van der Waals surface area contributed by atoms with Crippen LogP contribution >= 0.6 is 0 Å². The van der Waals surface area contributed by atoms with Crippen LogP contribution in [0.5, 0.6) is 0 Å². The number of H-pyrrole nitrogens is 1. The maximum absolute atomic E-state index is 12.8. The van der Waals surface area contributed by atoms with E-state index in [4.69, 9.17) is 0 Å². The van der Waals surface area contributed by atoms with E-state index < -0.39 is 12.0 Å². The number of aromatic nitrogens is 2. The first-order valence-electron chi connectivity index (χ1n) is 10.4. The van der Waals surface area contributed by atoms with E-state index in [1.165, 1.54) is 18.2 Å². The van der Waals surface area contributed by atoms with Crippen molar-refractivity contribution >= 4 is 28.5 Å². The average molecular weight is 439 g/mol. The summed E-state index contributed by atoms with van der Waals surface area (Å²) in [5.41, 5.74) is 0.775. The number of carbonyl (C=O) groups is 2. The normalized spacial score (nSPS) is 17.1. The number of nitrogens with one attached hydrogen (secondary N) is 3. The van der Waals surface area contributed by atoms with Crippen LogP contribution in [0.2, 0.25) is 0 Å². The number of piperidine rings is 1. The number of amides is 2. The smallest absolute Gasteiger partial charge is 0.353 e. The molecule has 1 atom stereocenters. The first kappa shape index (κ1) is 23.1. The average Bonchev–Trinajstić information content (AvgIpc) is 3.12. The van der Waals surface area contributed by atoms with Gasteiger partial charge in [-0.05, 0) is 57.0 Å². The van der Waals surface area contributed by atoms with Gasteiger partial charge in [0.15, 0.2) is 0 Å². The highest BCUT2D eigenvalue weighted by Crippen LogP contribution is 2.29. The third-order valence-electron chi connectivity index (χ3n) is 5.73. The van der Waals surface area contributed by atoms with Gasteiger partial charge < -0.3 is 15.6 Å². The number of alkyl halides is 3. The van der Waals surface area contributed by atoms with Crippen molar-refractivity contribution in [2.75, 3.05) is 25.0 Å². The molecular formula is C21H28F3N5O2. The number of hydrogen-bond acceptors (Lipinski definition) is 4. The summed E-state index contributed by atoms with van der Waals surface area (Å²) >= 11 is 0. The van der Waals surface area contributed by atoms with Gasteiger partial charge in [-0.2, -0.15) is 13.2 Å². The lowest BCUT2D eigenvalue weighted by Crippen LogP contribution is -2.45. The Kier molecular flexibility index (Phi) is 6.88. The molecule has 1 aliphatic rings. The van der Waals surface area contributed by atoms with Crippen molar-refractivity contribution in [3.05, 3.63) is 24.0 Å². The fourth-order valence-corrected chi connectivity index (χ4v) is 3.49. The molecular weight excluding hydrogens is 411 g/mol. The van der Waals surface area contributed by atoms with Crippen LogP contribution in [0.1, 0.15) is 39.4 Å². The monoisotopic (exact) mass is 439 g/mol. The van der Waals surface area contributed by atoms with E-state index in [2.05, 4.69) is 34.4 Å². The van der Waals surface area contributed by atoms with Crippen molar-refractivity contribution < 1.29 is 22.8 Å². The maximum atomic E-state index is 12.8. The van der Waals surface area contributed by atoms with Crippen molar-refractivity contribution in [3.8, 4) is 0 Å². The second-order valence-electron chi connectivity index (χ2n) is 8.45. The molecule has 31 heavy (non-hydrogen) atoms. The second kappa shape index (κ2) is 9.25. The number of rotatable bonds is 6. The molecule has 0 saturated carbocycles. The van der Waals surface area contributed by atoms with Gasteiger partial charge in [-0.3, -0.25) is 14.5 Å². The fraction of sp³-hybridized carbons (Fsp3) is 0.571. The SMILES string of the molecule is CC(C)C(C)NC(=O)C1CCN(CC(=O)Nc2ccc3nc(C(F)(F)F)[nH]c3c2)CC1. The summed E-state index contributed by atoms with van der Waals surface area (Å²) in [5, 5.41) is 5.76. The van der Waals surface area contributed by atoms with Crippen LogP contribution in [0.3, 0.4) is 0 Å². The molecule has 2 amide bonds. The Morgan fingerprint density at radius 1 is 1.23 bits per heavy atom. The first-order chi connectivity index (χ1) is 14.5. The minimum atomic E-state index is -4.56. The molecule has 3 rings (SSSR count). The Hall–Kier alpha value is -2.62. The van der Waals surface area contributed by atoms with Crippen LogP contribution in [-0.2, 0) is 15.8 Å². The molecule has 1 unspecified atom stereocenters. The minimum Gasteiger partial charge on any atom is -0.353 e. The number of hydrogen-bond donors (Lipinski definition) is 3. The van der Waals surface area contributed by atoms with E-state index in [1.54, 1.807) is 0 Å². The summed E-state index contributed by atoms with van der Waals surface area (Å²) in [6.07, 6.45) is -3.19. The largest absolute Gasteiger partial charge is 0.449 e. The molecule has 1 fully saturated rings. The van der Waals surface area contributed by atoms with Gasteiger partial charge in [0.2, 0.25) is 17.6 Å². The molecule has 2 aromatic rings. The van der Waals surface area contributed by atoms with Gasteiger partial charge in [-0.25, -0.2) is 4.98 Å². The van der Waals surface area contributed by atoms with Crippen molar-refractivity contribution in [1.82, 2.24) is 20.2 Å². The molecule has 0 bridgehead atoms. The van der Waals surface area contributed by atoms with E-state index in [0.29, 0.717) is 37.5 Å². The molecule has 1 saturated heterocycles. The van der Waals surface area contributed by atoms with Gasteiger partial charge in [-0.15, -0.1) is 0 Å². The van der Waals surface area contributed by atoms with Crippen LogP contribution in [-0.4, -0.2) is 52.4 Å². The lowest BCUT2D eigenvalue weighted by molar-refractivity contribution is -0.144. The standard InChI is InChI=1S/C21H28F3N5O2/c1-12(2)13(3)25-19(31)14-6-8-29(9-7-14)11-18(30)26-15-4-5-16-17(10-15)28-20(27-16)21(22,23)24/h4-5,10,12-14H,6-9,11H2,1-3H3,(H,25,31)(H,26,30)(H,27,28). The highest BCUT2D eigenvalue weighted by atomic mass is 19.4. The lowest BCUT2D eigenvalue weighted by atomic mass is 9.95. The van der Waals surface area contributed by atoms with E-state index >= 15 is 0 Å². The highest BCUT2D eigenvalue weighted by molar-refractivity contribution is 5.94. The van der Waals surface area contributed by atoms with E-state index in [1.807, 2.05) is 11.8 Å². The molecule has 1 aromatic carbocycles. The molecule has 0 spiro atoms. The van der Waals surface area contributed by atoms with Crippen molar-refractivity contribution in [2.45, 2.75) is 45.8 Å². The van der Waals surface area contributed by atoms with Gasteiger partial charge in [-0.1, -0.05) is 13.8 Å². The van der Waals surface area contributed by atoms with Gasteiger partial charge in [0.1, 0.15) is 0 Å². The zero-order chi connectivity index (χ0) is 22.8. The molecule has 1 aromatic heterocycles. The second-order valence-corrected chi connectivity index (χ2v) is 8.45. The van der Waals surface area contributed by atoms with E-state index in [-0.39, 0.29) is 41.4 Å². The quantitative estimate of drug-likeness (QED) is 0.644. The summed E-state index contributed by atoms with van der Waals surface area (Å²) in [4.78, 5) is 32.5. The van der Waals surface area contributed by atoms with Crippen LogP contribution in [0.25, 0.3) is 11.0 Å². The zero-order valence-corrected chi connectivity index (χ0v) is 17.8. The Balaban J connectivity index is 1.50. The molecule has 1 aliphatic heterocycles. The fourth-order valence-electron chi connectivity index (χ4n) is 3.49. The number of aromatic amines is 1. The number of likely N-dealkylation sites (tertiary alicyclic amines) is 1. The molecule has 3 N–H and O–H groups in total. The van der Waals surface area contributed by atoms with Crippen molar-refractivity contribution in [3.63, 3.8) is 0 Å². The Bertz CT molecular complexity index is 933. The summed E-state index contributed by atoms with van der Waals surface area (Å²) in [7, 11) is 0. The molecule has 170 valence electrons. The molecule has 0 aliphatic carbocycles. The number of halogens is 3. The zero-order valence-electron chi connectivity index (χ0n) is 17.8. The van der Waals surface area contributed by atoms with Crippen molar-refractivity contribution in [1.29, 1.82) is 0 Å². The van der Waals surface area contributed by atoms with Crippen LogP contribution in [0, 0.1) is 11.8 Å². The molecule has 2 heterocycles. The van der Waals surface area contributed by atoms with Gasteiger partial charge >= 0.3 is 6.18 Å². The topological polar surface area (TPSA) is 90.1 Å². The number of nitrogens with zero attached hydrogens (tertiary/aromatic N) is 2. The summed E-state index contributed by atoms with van der Waals surface area (Å²) < 4.78 is 38.3. The van der Waals surface area contributed by atoms with Gasteiger partial charge in [0.25, 0.3) is 0 Å². The Labute approximate surface area is 178 Å². The summed E-state index contributed by atoms with van der Waals surface area (Å²) in [6.45, 7) is 7.54. The van der Waals surface area contributed by atoms with Gasteiger partial charge in [0, 0.05) is 17.6 Å². The van der Waals surface area contributed by atoms with Crippen molar-refractivity contribution in [2.24, 2.45) is 11.8 Å². The van der Waals surface area contributed by atoms with Crippen LogP contribution in [0.4, 0.5) is 18.9 Å². The third kappa shape index (κ3) is 5.96. The lowest BCUT2D eigenvalue weighted by Gasteiger charge is -2.31. The predicted molar refractivity (Wildman–Crippen MR) is 111 cm³/mol. The summed E-state index contributed by atoms with van der Waals surface area (Å²) in [5.74, 6) is -0.941. The van der Waals surface area contributed by atoms with E-state index in [0.717, 1.165) is 0 Å². The van der Waals surface area contributed by atoms with Crippen LogP contribution in [0.15, 0.2) is 18.2 Å². The number of benzene rings is 1. The number of fused-ring (bicyclic) bond motifs is 1. The van der Waals surface area contributed by atoms with Crippen LogP contribution < -0.4 is 10.6 Å². The maximum Gasteiger partial charge on any atom is 0.449 e. The van der Waals surface area contributed by atoms with E-state index in [9.17, 15) is 22.8 Å². The minimum absolute atomic E-state index is 0.0499. The number of anilines is 1. The first-order valence-corrected chi connectivity index (χ1v) is 10.4. The highest BCUT2D eigenvalue weighted by Gasteiger charge is 2.34. The Morgan fingerprint density at radius 2 is 1.90 bits per heavy atom. The molecule has 7 nitrogen and oxygen atoms in total. The third-order valence-corrected chi connectivity index (χ3v) is 5.73. The molecule has 0 radical (unpaired) electrons. The Morgan fingerprint density at radius 3 is 2.52 bits per heavy atom. The number of imidazole rings is 1. The molecule has 10 heteroatoms. The predicted octanol–water partition coefficient (Wildman–Crippen LogP) is 3.39. The number of carbonyl (C=O) groups excluding carboxylic acids is 2. The summed E-state index contributed by atoms with van der Waals surface area (Å²) in [6, 6.07) is 4.50. The van der Waals surface area contributed by atoms with Gasteiger partial charge in [0.05, 0.1) is 17.6 Å².